The van der Waals surface area contributed by atoms with Crippen molar-refractivity contribution < 1.29 is 5.11 Å². The Morgan fingerprint density at radius 2 is 2.21 bits per heavy atom. The van der Waals surface area contributed by atoms with Gasteiger partial charge in [0.15, 0.2) is 4.34 Å². The summed E-state index contributed by atoms with van der Waals surface area (Å²) in [5.74, 6) is 0.633. The fraction of sp³-hybridized carbons (Fsp3) is 0.750. The van der Waals surface area contributed by atoms with Gasteiger partial charge in [0, 0.05) is 12.3 Å². The fourth-order valence-corrected chi connectivity index (χ4v) is 2.50. The van der Waals surface area contributed by atoms with Gasteiger partial charge in [0.05, 0.1) is 5.60 Å². The van der Waals surface area contributed by atoms with Gasteiger partial charge in [-0.2, -0.15) is 0 Å². The molecular formula is C8H15N3OS2. The van der Waals surface area contributed by atoms with Gasteiger partial charge in [-0.3, -0.25) is 0 Å². The van der Waals surface area contributed by atoms with Gasteiger partial charge in [-0.15, -0.1) is 10.2 Å². The van der Waals surface area contributed by atoms with Crippen molar-refractivity contribution in [2.75, 3.05) is 17.6 Å². The van der Waals surface area contributed by atoms with E-state index in [2.05, 4.69) is 15.5 Å². The summed E-state index contributed by atoms with van der Waals surface area (Å²) in [4.78, 5) is 0. The Labute approximate surface area is 92.1 Å². The molecule has 1 aromatic heterocycles. The quantitative estimate of drug-likeness (QED) is 0.760. The highest BCUT2D eigenvalue weighted by Crippen LogP contribution is 2.27. The van der Waals surface area contributed by atoms with Crippen molar-refractivity contribution in [3.05, 3.63) is 0 Å². The van der Waals surface area contributed by atoms with Gasteiger partial charge in [0.25, 0.3) is 0 Å². The van der Waals surface area contributed by atoms with Crippen molar-refractivity contribution in [2.45, 2.75) is 30.7 Å². The molecule has 14 heavy (non-hydrogen) atoms. The number of hydrogen-bond donors (Lipinski definition) is 2. The first-order chi connectivity index (χ1) is 6.51. The Morgan fingerprint density at radius 1 is 1.50 bits per heavy atom. The number of thioether (sulfide) groups is 1. The SMILES string of the molecule is CCNc1nnc(SCC(C)(C)O)s1. The molecule has 0 saturated heterocycles. The Hall–Kier alpha value is -0.330. The van der Waals surface area contributed by atoms with E-state index in [1.807, 2.05) is 6.92 Å². The molecule has 0 bridgehead atoms. The van der Waals surface area contributed by atoms with E-state index in [1.165, 1.54) is 23.1 Å². The minimum atomic E-state index is -0.658. The molecule has 0 fully saturated rings. The highest BCUT2D eigenvalue weighted by molar-refractivity contribution is 8.01. The van der Waals surface area contributed by atoms with Crippen molar-refractivity contribution in [3.63, 3.8) is 0 Å². The lowest BCUT2D eigenvalue weighted by Crippen LogP contribution is -2.21. The minimum Gasteiger partial charge on any atom is -0.390 e. The molecule has 0 radical (unpaired) electrons. The number of nitrogens with zero attached hydrogens (tertiary/aromatic N) is 2. The fourth-order valence-electron chi connectivity index (χ4n) is 0.729. The lowest BCUT2D eigenvalue weighted by Gasteiger charge is -2.14. The van der Waals surface area contributed by atoms with Gasteiger partial charge in [-0.1, -0.05) is 23.1 Å². The number of aliphatic hydroxyl groups is 1. The van der Waals surface area contributed by atoms with Gasteiger partial charge in [0.1, 0.15) is 0 Å². The van der Waals surface area contributed by atoms with Gasteiger partial charge in [-0.05, 0) is 20.8 Å². The standard InChI is InChI=1S/C8H15N3OS2/c1-4-9-6-10-11-7(14-6)13-5-8(2,3)12/h12H,4-5H2,1-3H3,(H,9,10). The second-order valence-corrected chi connectivity index (χ2v) is 5.70. The zero-order valence-corrected chi connectivity index (χ0v) is 10.2. The molecule has 1 aromatic rings. The first kappa shape index (κ1) is 11.7. The first-order valence-electron chi connectivity index (χ1n) is 4.44. The molecule has 1 heterocycles. The van der Waals surface area contributed by atoms with Crippen molar-refractivity contribution in [1.82, 2.24) is 10.2 Å². The average molecular weight is 233 g/mol. The molecule has 0 aliphatic rings. The van der Waals surface area contributed by atoms with Crippen LogP contribution in [0.3, 0.4) is 0 Å². The van der Waals surface area contributed by atoms with Crippen LogP contribution in [0.25, 0.3) is 0 Å². The lowest BCUT2D eigenvalue weighted by molar-refractivity contribution is 0.107. The van der Waals surface area contributed by atoms with Crippen LogP contribution >= 0.6 is 23.1 Å². The number of rotatable bonds is 5. The highest BCUT2D eigenvalue weighted by Gasteiger charge is 2.14. The smallest absolute Gasteiger partial charge is 0.206 e. The van der Waals surface area contributed by atoms with Crippen molar-refractivity contribution in [3.8, 4) is 0 Å². The average Bonchev–Trinajstić information content (AvgIpc) is 2.49. The minimum absolute atomic E-state index is 0.633. The van der Waals surface area contributed by atoms with Gasteiger partial charge in [-0.25, -0.2) is 0 Å². The molecule has 0 spiro atoms. The maximum absolute atomic E-state index is 9.51. The first-order valence-corrected chi connectivity index (χ1v) is 6.24. The Kier molecular flexibility index (Phi) is 4.15. The topological polar surface area (TPSA) is 58.0 Å². The summed E-state index contributed by atoms with van der Waals surface area (Å²) in [5, 5.41) is 21.4. The maximum Gasteiger partial charge on any atom is 0.206 e. The van der Waals surface area contributed by atoms with Crippen molar-refractivity contribution in [2.24, 2.45) is 0 Å². The Balaban J connectivity index is 2.44. The highest BCUT2D eigenvalue weighted by atomic mass is 32.2. The van der Waals surface area contributed by atoms with Crippen LogP contribution in [-0.2, 0) is 0 Å². The Morgan fingerprint density at radius 3 is 2.79 bits per heavy atom. The van der Waals surface area contributed by atoms with Gasteiger partial charge < -0.3 is 10.4 Å². The van der Waals surface area contributed by atoms with E-state index < -0.39 is 5.60 Å². The molecule has 80 valence electrons. The summed E-state index contributed by atoms with van der Waals surface area (Å²) in [6.07, 6.45) is 0. The van der Waals surface area contributed by atoms with E-state index in [4.69, 9.17) is 0 Å². The zero-order valence-electron chi connectivity index (χ0n) is 8.57. The van der Waals surface area contributed by atoms with E-state index >= 15 is 0 Å². The molecule has 6 heteroatoms. The number of hydrogen-bond acceptors (Lipinski definition) is 6. The van der Waals surface area contributed by atoms with Crippen LogP contribution in [0.2, 0.25) is 0 Å². The van der Waals surface area contributed by atoms with E-state index in [9.17, 15) is 5.11 Å². The molecule has 0 atom stereocenters. The number of nitrogens with one attached hydrogen (secondary N) is 1. The normalized spacial score (nSPS) is 11.7. The molecule has 0 amide bonds. The Bertz CT molecular complexity index is 282. The van der Waals surface area contributed by atoms with Crippen LogP contribution in [0.4, 0.5) is 5.13 Å². The van der Waals surface area contributed by atoms with Gasteiger partial charge in [0.2, 0.25) is 5.13 Å². The largest absolute Gasteiger partial charge is 0.390 e. The van der Waals surface area contributed by atoms with E-state index in [1.54, 1.807) is 13.8 Å². The third-order valence-corrected chi connectivity index (χ3v) is 3.74. The van der Waals surface area contributed by atoms with E-state index in [-0.39, 0.29) is 0 Å². The monoisotopic (exact) mass is 233 g/mol. The molecule has 0 aliphatic carbocycles. The number of anilines is 1. The molecule has 0 saturated carbocycles. The van der Waals surface area contributed by atoms with Crippen LogP contribution in [-0.4, -0.2) is 33.2 Å². The second kappa shape index (κ2) is 4.95. The van der Waals surface area contributed by atoms with Crippen LogP contribution in [0.1, 0.15) is 20.8 Å². The van der Waals surface area contributed by atoms with Crippen molar-refractivity contribution >= 4 is 28.2 Å². The van der Waals surface area contributed by atoms with E-state index in [0.29, 0.717) is 5.75 Å². The summed E-state index contributed by atoms with van der Waals surface area (Å²) < 4.78 is 0.892. The lowest BCUT2D eigenvalue weighted by atomic mass is 10.2. The predicted octanol–water partition coefficient (Wildman–Crippen LogP) is 1.83. The van der Waals surface area contributed by atoms with Crippen molar-refractivity contribution in [1.29, 1.82) is 0 Å². The predicted molar refractivity (Wildman–Crippen MR) is 61.1 cm³/mol. The summed E-state index contributed by atoms with van der Waals surface area (Å²) in [6, 6.07) is 0. The molecule has 2 N–H and O–H groups in total. The zero-order chi connectivity index (χ0) is 10.6. The molecule has 0 aromatic carbocycles. The molecule has 0 aliphatic heterocycles. The third-order valence-electron chi connectivity index (χ3n) is 1.28. The number of aromatic nitrogens is 2. The summed E-state index contributed by atoms with van der Waals surface area (Å²) >= 11 is 3.05. The van der Waals surface area contributed by atoms with Crippen LogP contribution in [0.15, 0.2) is 4.34 Å². The molecular weight excluding hydrogens is 218 g/mol. The van der Waals surface area contributed by atoms with Crippen LogP contribution in [0.5, 0.6) is 0 Å². The second-order valence-electron chi connectivity index (χ2n) is 3.50. The third kappa shape index (κ3) is 4.26. The van der Waals surface area contributed by atoms with E-state index in [0.717, 1.165) is 16.0 Å². The van der Waals surface area contributed by atoms with Gasteiger partial charge >= 0.3 is 0 Å². The van der Waals surface area contributed by atoms with Crippen LogP contribution < -0.4 is 5.32 Å². The van der Waals surface area contributed by atoms with Crippen LogP contribution in [0, 0.1) is 0 Å². The molecule has 4 nitrogen and oxygen atoms in total. The molecule has 0 unspecified atom stereocenters. The summed E-state index contributed by atoms with van der Waals surface area (Å²) in [5.41, 5.74) is -0.658. The maximum atomic E-state index is 9.51. The molecule has 1 rings (SSSR count). The summed E-state index contributed by atoms with van der Waals surface area (Å²) in [7, 11) is 0. The summed E-state index contributed by atoms with van der Waals surface area (Å²) in [6.45, 7) is 6.44.